The number of anilines is 2. The van der Waals surface area contributed by atoms with Crippen LogP contribution in [0.2, 0.25) is 5.02 Å². The minimum Gasteiger partial charge on any atom is -0.503 e. The molecule has 6 heterocycles. The molecule has 1 atom stereocenters. The van der Waals surface area contributed by atoms with Crippen molar-refractivity contribution in [3.8, 4) is 5.75 Å². The van der Waals surface area contributed by atoms with E-state index in [0.29, 0.717) is 25.3 Å². The fourth-order valence-electron chi connectivity index (χ4n) is 6.97. The molecule has 2 amide bonds. The van der Waals surface area contributed by atoms with Gasteiger partial charge in [0.15, 0.2) is 23.1 Å². The number of carbonyl (C=O) groups excluding carboxylic acids is 2. The van der Waals surface area contributed by atoms with Gasteiger partial charge in [0.1, 0.15) is 18.5 Å². The van der Waals surface area contributed by atoms with E-state index < -0.39 is 47.4 Å². The molecular formula is C33H33ClF3N9O6. The van der Waals surface area contributed by atoms with Crippen molar-refractivity contribution in [2.24, 2.45) is 0 Å². The molecule has 7 rings (SSSR count). The summed E-state index contributed by atoms with van der Waals surface area (Å²) >= 11 is 6.13. The number of amides is 2. The highest BCUT2D eigenvalue weighted by Gasteiger charge is 2.51. The molecule has 3 aromatic heterocycles. The highest BCUT2D eigenvalue weighted by atomic mass is 35.5. The lowest BCUT2D eigenvalue weighted by atomic mass is 9.85. The van der Waals surface area contributed by atoms with Gasteiger partial charge >= 0.3 is 6.18 Å². The van der Waals surface area contributed by atoms with Gasteiger partial charge in [-0.15, -0.1) is 5.10 Å². The molecule has 52 heavy (non-hydrogen) atoms. The van der Waals surface area contributed by atoms with E-state index in [9.17, 15) is 32.7 Å². The lowest BCUT2D eigenvalue weighted by Gasteiger charge is -2.39. The first-order chi connectivity index (χ1) is 24.7. The van der Waals surface area contributed by atoms with E-state index >= 15 is 0 Å². The standard InChI is InChI=1S/C33H33ClF3N9O6/c1-17-25-23(32(52-17)8-10-44(11-9-32)30(50)24-26(48)28(43(2)3)39-16-38-24)29(49)46-31(41-27(42-46)18-6-12-51-13-7-18)45(25)15-22(47)40-21-5-4-19(14-20(21)34)33(35,36)37/h4-6,14,16-17,48H,7-13,15H2,1-3H3,(H,40,47). The molecule has 1 aromatic carbocycles. The fraction of sp³-hybridized carbons (Fsp3) is 0.424. The third-order valence-electron chi connectivity index (χ3n) is 9.44. The van der Waals surface area contributed by atoms with Crippen molar-refractivity contribution in [2.75, 3.05) is 50.6 Å². The number of carbonyl (C=O) groups is 2. The Morgan fingerprint density at radius 1 is 1.19 bits per heavy atom. The van der Waals surface area contributed by atoms with Crippen LogP contribution in [0.1, 0.15) is 65.4 Å². The molecule has 0 aliphatic carbocycles. The fourth-order valence-corrected chi connectivity index (χ4v) is 7.19. The number of hydrogen-bond acceptors (Lipinski definition) is 11. The van der Waals surface area contributed by atoms with E-state index in [-0.39, 0.29) is 71.1 Å². The SMILES string of the molecule is CC1OC2(CCN(C(=O)c3ncnc(N(C)C)c3O)CC2)c2c1n(CC(=O)Nc1ccc(C(F)(F)F)cc1Cl)c1nc(C3=CCOCC3)nn1c2=O. The van der Waals surface area contributed by atoms with Crippen LogP contribution < -0.4 is 15.8 Å². The summed E-state index contributed by atoms with van der Waals surface area (Å²) in [6.07, 6.45) is -1.43. The maximum Gasteiger partial charge on any atom is 0.416 e. The number of piperidine rings is 1. The van der Waals surface area contributed by atoms with Crippen LogP contribution in [0, 0.1) is 0 Å². The summed E-state index contributed by atoms with van der Waals surface area (Å²) in [4.78, 5) is 57.3. The molecule has 1 fully saturated rings. The Balaban J connectivity index is 1.25. The van der Waals surface area contributed by atoms with Crippen molar-refractivity contribution in [3.05, 3.63) is 74.3 Å². The summed E-state index contributed by atoms with van der Waals surface area (Å²) in [6, 6.07) is 2.61. The van der Waals surface area contributed by atoms with Crippen molar-refractivity contribution >= 4 is 46.3 Å². The van der Waals surface area contributed by atoms with Crippen LogP contribution in [0.15, 0.2) is 35.4 Å². The second-order valence-electron chi connectivity index (χ2n) is 12.9. The van der Waals surface area contributed by atoms with Gasteiger partial charge in [0.2, 0.25) is 11.7 Å². The van der Waals surface area contributed by atoms with Crippen molar-refractivity contribution < 1.29 is 37.3 Å². The number of benzene rings is 1. The maximum absolute atomic E-state index is 14.4. The molecule has 0 radical (unpaired) electrons. The number of likely N-dealkylation sites (tertiary alicyclic amines) is 1. The monoisotopic (exact) mass is 743 g/mol. The van der Waals surface area contributed by atoms with Crippen LogP contribution in [0.4, 0.5) is 24.7 Å². The number of hydrogen-bond donors (Lipinski definition) is 2. The molecule has 3 aliphatic heterocycles. The van der Waals surface area contributed by atoms with Crippen LogP contribution in [0.25, 0.3) is 11.4 Å². The Kier molecular flexibility index (Phi) is 8.94. The van der Waals surface area contributed by atoms with E-state index in [4.69, 9.17) is 21.1 Å². The van der Waals surface area contributed by atoms with E-state index in [1.165, 1.54) is 15.8 Å². The van der Waals surface area contributed by atoms with E-state index in [1.54, 1.807) is 25.9 Å². The number of alkyl halides is 3. The van der Waals surface area contributed by atoms with Gasteiger partial charge in [0, 0.05) is 27.2 Å². The van der Waals surface area contributed by atoms with Crippen molar-refractivity contribution in [3.63, 3.8) is 0 Å². The lowest BCUT2D eigenvalue weighted by Crippen LogP contribution is -2.47. The first-order valence-electron chi connectivity index (χ1n) is 16.3. The summed E-state index contributed by atoms with van der Waals surface area (Å²) < 4.78 is 54.3. The molecule has 0 bridgehead atoms. The molecule has 0 saturated carbocycles. The zero-order valence-electron chi connectivity index (χ0n) is 28.2. The van der Waals surface area contributed by atoms with Crippen LogP contribution >= 0.6 is 11.6 Å². The molecule has 3 aliphatic rings. The van der Waals surface area contributed by atoms with Crippen LogP contribution in [0.5, 0.6) is 5.75 Å². The van der Waals surface area contributed by atoms with Gasteiger partial charge in [0.25, 0.3) is 11.5 Å². The molecule has 1 unspecified atom stereocenters. The second kappa shape index (κ2) is 13.2. The maximum atomic E-state index is 14.4. The molecule has 19 heteroatoms. The average molecular weight is 744 g/mol. The van der Waals surface area contributed by atoms with Gasteiger partial charge < -0.3 is 34.3 Å². The van der Waals surface area contributed by atoms with Crippen LogP contribution in [-0.2, 0) is 32.6 Å². The Bertz CT molecular complexity index is 2190. The van der Waals surface area contributed by atoms with Gasteiger partial charge in [-0.25, -0.2) is 9.97 Å². The molecule has 2 N–H and O–H groups in total. The van der Waals surface area contributed by atoms with Crippen LogP contribution in [0.3, 0.4) is 0 Å². The number of halogens is 4. The third kappa shape index (κ3) is 6.13. The Hall–Kier alpha value is -5.07. The molecular weight excluding hydrogens is 711 g/mol. The highest BCUT2D eigenvalue weighted by molar-refractivity contribution is 6.33. The number of rotatable bonds is 6. The summed E-state index contributed by atoms with van der Waals surface area (Å²) in [5.41, 5.74) is -1.41. The van der Waals surface area contributed by atoms with Crippen LogP contribution in [-0.4, -0.2) is 91.4 Å². The average Bonchev–Trinajstić information content (AvgIpc) is 3.67. The normalized spacial score (nSPS) is 18.4. The number of ether oxygens (including phenoxy) is 2. The predicted octanol–water partition coefficient (Wildman–Crippen LogP) is 3.79. The van der Waals surface area contributed by atoms with Gasteiger partial charge in [-0.3, -0.25) is 14.4 Å². The zero-order valence-corrected chi connectivity index (χ0v) is 29.0. The number of aromatic nitrogens is 6. The van der Waals surface area contributed by atoms with Gasteiger partial charge in [-0.1, -0.05) is 17.7 Å². The van der Waals surface area contributed by atoms with Gasteiger partial charge in [-0.2, -0.15) is 22.7 Å². The van der Waals surface area contributed by atoms with E-state index in [2.05, 4.69) is 25.4 Å². The first-order valence-corrected chi connectivity index (χ1v) is 16.7. The zero-order chi connectivity index (χ0) is 37.1. The Morgan fingerprint density at radius 2 is 1.94 bits per heavy atom. The highest BCUT2D eigenvalue weighted by Crippen LogP contribution is 2.48. The molecule has 1 spiro atoms. The topological polar surface area (TPSA) is 169 Å². The lowest BCUT2D eigenvalue weighted by molar-refractivity contribution is -0.137. The Labute approximate surface area is 298 Å². The predicted molar refractivity (Wildman–Crippen MR) is 180 cm³/mol. The summed E-state index contributed by atoms with van der Waals surface area (Å²) in [6.45, 7) is 2.39. The van der Waals surface area contributed by atoms with Crippen molar-refractivity contribution in [1.82, 2.24) is 34.0 Å². The Morgan fingerprint density at radius 3 is 2.60 bits per heavy atom. The van der Waals surface area contributed by atoms with Gasteiger partial charge in [0.05, 0.1) is 46.8 Å². The second-order valence-corrected chi connectivity index (χ2v) is 13.3. The number of nitrogens with zero attached hydrogens (tertiary/aromatic N) is 8. The smallest absolute Gasteiger partial charge is 0.416 e. The molecule has 274 valence electrons. The minimum absolute atomic E-state index is 0.0341. The number of aromatic hydroxyl groups is 1. The van der Waals surface area contributed by atoms with Crippen molar-refractivity contribution in [1.29, 1.82) is 0 Å². The van der Waals surface area contributed by atoms with Gasteiger partial charge in [-0.05, 0) is 50.0 Å². The van der Waals surface area contributed by atoms with E-state index in [1.807, 2.05) is 6.08 Å². The van der Waals surface area contributed by atoms with Crippen molar-refractivity contribution in [2.45, 2.75) is 50.6 Å². The minimum atomic E-state index is -4.62. The number of nitrogens with one attached hydrogen (secondary N) is 1. The summed E-state index contributed by atoms with van der Waals surface area (Å²) in [7, 11) is 3.35. The molecule has 1 saturated heterocycles. The molecule has 4 aromatic rings. The largest absolute Gasteiger partial charge is 0.503 e. The third-order valence-corrected chi connectivity index (χ3v) is 9.75. The molecule has 15 nitrogen and oxygen atoms in total. The summed E-state index contributed by atoms with van der Waals surface area (Å²) in [5.74, 6) is -0.978. The quantitative estimate of drug-likeness (QED) is 0.295. The first kappa shape index (κ1) is 35.3. The van der Waals surface area contributed by atoms with E-state index in [0.717, 1.165) is 28.3 Å². The number of fused-ring (bicyclic) bond motifs is 3. The summed E-state index contributed by atoms with van der Waals surface area (Å²) in [5, 5.41) is 17.5.